The summed E-state index contributed by atoms with van der Waals surface area (Å²) in [6.07, 6.45) is 2.48. The Kier molecular flexibility index (Phi) is 5.78. The van der Waals surface area contributed by atoms with Crippen LogP contribution in [-0.4, -0.2) is 24.1 Å². The number of nitrogens with zero attached hydrogens (tertiary/aromatic N) is 1. The summed E-state index contributed by atoms with van der Waals surface area (Å²) in [5.41, 5.74) is 2.42. The maximum atomic E-state index is 12.2. The summed E-state index contributed by atoms with van der Waals surface area (Å²) in [5.74, 6) is -0.343. The van der Waals surface area contributed by atoms with Gasteiger partial charge in [-0.15, -0.1) is 0 Å². The van der Waals surface area contributed by atoms with E-state index in [1.54, 1.807) is 12.1 Å². The maximum absolute atomic E-state index is 12.2. The molecule has 2 aromatic carbocycles. The first-order chi connectivity index (χ1) is 12.0. The number of halogens is 2. The van der Waals surface area contributed by atoms with Gasteiger partial charge in [0.25, 0.3) is 5.91 Å². The standard InChI is InChI=1S/C18H17Cl2N3OS/c19-15-8-3-12(11-16(15)20)17(24)22-18(25)21-13-4-6-14(7-5-13)23-9-1-2-10-23/h3-8,11H,1-2,9-10H2,(H2,21,22,24,25). The van der Waals surface area contributed by atoms with Crippen molar-refractivity contribution in [2.75, 3.05) is 23.3 Å². The van der Waals surface area contributed by atoms with Crippen molar-refractivity contribution in [3.05, 3.63) is 58.1 Å². The molecule has 0 saturated carbocycles. The number of rotatable bonds is 3. The summed E-state index contributed by atoms with van der Waals surface area (Å²) >= 11 is 17.0. The monoisotopic (exact) mass is 393 g/mol. The van der Waals surface area contributed by atoms with E-state index in [4.69, 9.17) is 35.4 Å². The van der Waals surface area contributed by atoms with Gasteiger partial charge in [-0.05, 0) is 67.5 Å². The first-order valence-corrected chi connectivity index (χ1v) is 9.12. The topological polar surface area (TPSA) is 44.4 Å². The molecule has 7 heteroatoms. The van der Waals surface area contributed by atoms with Crippen molar-refractivity contribution in [2.24, 2.45) is 0 Å². The van der Waals surface area contributed by atoms with Gasteiger partial charge < -0.3 is 10.2 Å². The molecule has 2 aromatic rings. The second-order valence-electron chi connectivity index (χ2n) is 5.78. The minimum Gasteiger partial charge on any atom is -0.372 e. The highest BCUT2D eigenvalue weighted by atomic mass is 35.5. The number of hydrogen-bond donors (Lipinski definition) is 2. The fraction of sp³-hybridized carbons (Fsp3) is 0.222. The lowest BCUT2D eigenvalue weighted by molar-refractivity contribution is 0.0978. The number of hydrogen-bond acceptors (Lipinski definition) is 3. The fourth-order valence-electron chi connectivity index (χ4n) is 2.71. The van der Waals surface area contributed by atoms with Crippen molar-refractivity contribution in [2.45, 2.75) is 12.8 Å². The molecule has 0 radical (unpaired) electrons. The lowest BCUT2D eigenvalue weighted by Crippen LogP contribution is -2.34. The second-order valence-corrected chi connectivity index (χ2v) is 7.00. The third-order valence-corrected chi connectivity index (χ3v) is 4.95. The Bertz CT molecular complexity index is 789. The Morgan fingerprint density at radius 1 is 1.00 bits per heavy atom. The summed E-state index contributed by atoms with van der Waals surface area (Å²) in [5, 5.41) is 6.59. The molecule has 1 aliphatic heterocycles. The van der Waals surface area contributed by atoms with E-state index in [-0.39, 0.29) is 11.0 Å². The van der Waals surface area contributed by atoms with Crippen molar-refractivity contribution in [1.82, 2.24) is 5.32 Å². The number of benzene rings is 2. The van der Waals surface area contributed by atoms with Gasteiger partial charge in [0.15, 0.2) is 5.11 Å². The van der Waals surface area contributed by atoms with Crippen LogP contribution in [0.25, 0.3) is 0 Å². The molecular weight excluding hydrogens is 377 g/mol. The van der Waals surface area contributed by atoms with Crippen LogP contribution in [0.1, 0.15) is 23.2 Å². The van der Waals surface area contributed by atoms with Crippen LogP contribution in [0, 0.1) is 0 Å². The number of amides is 1. The van der Waals surface area contributed by atoms with Crippen LogP contribution in [0.4, 0.5) is 11.4 Å². The van der Waals surface area contributed by atoms with E-state index in [9.17, 15) is 4.79 Å². The van der Waals surface area contributed by atoms with E-state index >= 15 is 0 Å². The molecule has 25 heavy (non-hydrogen) atoms. The number of nitrogens with one attached hydrogen (secondary N) is 2. The minimum absolute atomic E-state index is 0.227. The SMILES string of the molecule is O=C(NC(=S)Nc1ccc(N2CCCC2)cc1)c1ccc(Cl)c(Cl)c1. The molecular formula is C18H17Cl2N3OS. The zero-order chi connectivity index (χ0) is 17.8. The van der Waals surface area contributed by atoms with Gasteiger partial charge in [-0.1, -0.05) is 23.2 Å². The van der Waals surface area contributed by atoms with E-state index < -0.39 is 0 Å². The molecule has 0 spiro atoms. The van der Waals surface area contributed by atoms with Crippen LogP contribution in [0.3, 0.4) is 0 Å². The normalized spacial score (nSPS) is 13.6. The molecule has 1 heterocycles. The van der Waals surface area contributed by atoms with Gasteiger partial charge in [0.2, 0.25) is 0 Å². The molecule has 1 amide bonds. The van der Waals surface area contributed by atoms with Crippen LogP contribution in [0.2, 0.25) is 10.0 Å². The summed E-state index contributed by atoms with van der Waals surface area (Å²) in [6.45, 7) is 2.20. The molecule has 3 rings (SSSR count). The molecule has 0 aromatic heterocycles. The van der Waals surface area contributed by atoms with Crippen LogP contribution in [-0.2, 0) is 0 Å². The number of thiocarbonyl (C=S) groups is 1. The third-order valence-electron chi connectivity index (χ3n) is 4.01. The van der Waals surface area contributed by atoms with Crippen molar-refractivity contribution < 1.29 is 4.79 Å². The molecule has 1 aliphatic rings. The zero-order valence-corrected chi connectivity index (χ0v) is 15.7. The smallest absolute Gasteiger partial charge is 0.257 e. The Morgan fingerprint density at radius 2 is 1.68 bits per heavy atom. The van der Waals surface area contributed by atoms with E-state index in [1.165, 1.54) is 24.6 Å². The Balaban J connectivity index is 1.58. The van der Waals surface area contributed by atoms with E-state index in [2.05, 4.69) is 27.7 Å². The van der Waals surface area contributed by atoms with E-state index in [0.717, 1.165) is 18.8 Å². The molecule has 0 atom stereocenters. The summed E-state index contributed by atoms with van der Waals surface area (Å²) < 4.78 is 0. The van der Waals surface area contributed by atoms with Crippen LogP contribution in [0.15, 0.2) is 42.5 Å². The maximum Gasteiger partial charge on any atom is 0.257 e. The molecule has 4 nitrogen and oxygen atoms in total. The van der Waals surface area contributed by atoms with Gasteiger partial charge in [0, 0.05) is 30.0 Å². The fourth-order valence-corrected chi connectivity index (χ4v) is 3.21. The number of carbonyl (C=O) groups is 1. The Hall–Kier alpha value is -1.82. The lowest BCUT2D eigenvalue weighted by Gasteiger charge is -2.18. The highest BCUT2D eigenvalue weighted by molar-refractivity contribution is 7.80. The number of carbonyl (C=O) groups excluding carboxylic acids is 1. The Morgan fingerprint density at radius 3 is 2.32 bits per heavy atom. The quantitative estimate of drug-likeness (QED) is 0.740. The van der Waals surface area contributed by atoms with Gasteiger partial charge in [-0.2, -0.15) is 0 Å². The van der Waals surface area contributed by atoms with Gasteiger partial charge in [0.1, 0.15) is 0 Å². The third kappa shape index (κ3) is 4.63. The van der Waals surface area contributed by atoms with Crippen molar-refractivity contribution in [3.63, 3.8) is 0 Å². The van der Waals surface area contributed by atoms with Crippen LogP contribution >= 0.6 is 35.4 Å². The summed E-state index contributed by atoms with van der Waals surface area (Å²) in [6, 6.07) is 12.7. The highest BCUT2D eigenvalue weighted by Gasteiger charge is 2.13. The summed E-state index contributed by atoms with van der Waals surface area (Å²) in [7, 11) is 0. The highest BCUT2D eigenvalue weighted by Crippen LogP contribution is 2.23. The molecule has 2 N–H and O–H groups in total. The van der Waals surface area contributed by atoms with E-state index in [0.29, 0.717) is 15.6 Å². The predicted octanol–water partition coefficient (Wildman–Crippen LogP) is 4.72. The zero-order valence-electron chi connectivity index (χ0n) is 13.4. The predicted molar refractivity (Wildman–Crippen MR) is 108 cm³/mol. The average molecular weight is 394 g/mol. The molecule has 130 valence electrons. The van der Waals surface area contributed by atoms with Crippen molar-refractivity contribution in [1.29, 1.82) is 0 Å². The van der Waals surface area contributed by atoms with Gasteiger partial charge >= 0.3 is 0 Å². The summed E-state index contributed by atoms with van der Waals surface area (Å²) in [4.78, 5) is 14.5. The molecule has 1 saturated heterocycles. The van der Waals surface area contributed by atoms with Gasteiger partial charge in [-0.3, -0.25) is 10.1 Å². The van der Waals surface area contributed by atoms with Crippen LogP contribution < -0.4 is 15.5 Å². The molecule has 0 bridgehead atoms. The lowest BCUT2D eigenvalue weighted by atomic mass is 10.2. The second kappa shape index (κ2) is 8.04. The average Bonchev–Trinajstić information content (AvgIpc) is 3.12. The largest absolute Gasteiger partial charge is 0.372 e. The Labute approximate surface area is 162 Å². The number of anilines is 2. The van der Waals surface area contributed by atoms with E-state index in [1.807, 2.05) is 12.1 Å². The van der Waals surface area contributed by atoms with Gasteiger partial charge in [-0.25, -0.2) is 0 Å². The van der Waals surface area contributed by atoms with Gasteiger partial charge in [0.05, 0.1) is 10.0 Å². The van der Waals surface area contributed by atoms with Crippen molar-refractivity contribution in [3.8, 4) is 0 Å². The molecule has 1 fully saturated rings. The first-order valence-electron chi connectivity index (χ1n) is 7.95. The van der Waals surface area contributed by atoms with Crippen LogP contribution in [0.5, 0.6) is 0 Å². The first kappa shape index (κ1) is 18.0. The molecule has 0 aliphatic carbocycles. The molecule has 0 unspecified atom stereocenters. The van der Waals surface area contributed by atoms with Crippen molar-refractivity contribution >= 4 is 57.8 Å². The minimum atomic E-state index is -0.343.